The van der Waals surface area contributed by atoms with Crippen LogP contribution in [0, 0.1) is 6.92 Å². The number of hydrogen-bond acceptors (Lipinski definition) is 5. The molecule has 3 aromatic carbocycles. The summed E-state index contributed by atoms with van der Waals surface area (Å²) in [5.41, 5.74) is 5.46. The summed E-state index contributed by atoms with van der Waals surface area (Å²) in [7, 11) is 1.45. The van der Waals surface area contributed by atoms with Gasteiger partial charge in [-0.05, 0) is 60.5 Å². The monoisotopic (exact) mass is 451 g/mol. The smallest absolute Gasteiger partial charge is 0.329 e. The second-order valence-corrected chi connectivity index (χ2v) is 7.28. The van der Waals surface area contributed by atoms with Crippen molar-refractivity contribution >= 4 is 35.3 Å². The van der Waals surface area contributed by atoms with E-state index in [1.54, 1.807) is 36.4 Å². The molecule has 2 amide bonds. The molecule has 2 N–H and O–H groups in total. The van der Waals surface area contributed by atoms with E-state index in [-0.39, 0.29) is 5.69 Å². The fourth-order valence-corrected chi connectivity index (χ4v) is 2.96. The molecule has 0 aromatic heterocycles. The molecule has 164 valence electrons. The van der Waals surface area contributed by atoms with Crippen LogP contribution in [0.1, 0.15) is 16.7 Å². The molecule has 0 unspecified atom stereocenters. The second-order valence-electron chi connectivity index (χ2n) is 6.84. The molecule has 0 aliphatic heterocycles. The van der Waals surface area contributed by atoms with Gasteiger partial charge in [0.05, 0.1) is 19.0 Å². The number of rotatable bonds is 7. The number of aryl methyl sites for hydroxylation is 1. The van der Waals surface area contributed by atoms with Crippen molar-refractivity contribution in [2.24, 2.45) is 5.10 Å². The third-order valence-corrected chi connectivity index (χ3v) is 4.60. The van der Waals surface area contributed by atoms with Gasteiger partial charge in [0.1, 0.15) is 18.1 Å². The Hall–Kier alpha value is -3.84. The molecule has 7 nitrogen and oxygen atoms in total. The highest BCUT2D eigenvalue weighted by molar-refractivity contribution is 6.40. The molecule has 32 heavy (non-hydrogen) atoms. The maximum absolute atomic E-state index is 12.1. The number of benzene rings is 3. The van der Waals surface area contributed by atoms with E-state index in [4.69, 9.17) is 21.1 Å². The molecule has 0 spiro atoms. The van der Waals surface area contributed by atoms with Gasteiger partial charge in [-0.1, -0.05) is 41.4 Å². The van der Waals surface area contributed by atoms with Gasteiger partial charge in [0.15, 0.2) is 0 Å². The van der Waals surface area contributed by atoms with Crippen LogP contribution in [0.4, 0.5) is 5.69 Å². The molecule has 8 heteroatoms. The van der Waals surface area contributed by atoms with Gasteiger partial charge in [-0.2, -0.15) is 5.10 Å². The van der Waals surface area contributed by atoms with Crippen LogP contribution in [0.25, 0.3) is 0 Å². The SMILES string of the molecule is COc1ccc(Cl)cc1NC(=O)C(=O)NN=Cc1ccc(OCc2cccc(C)c2)cc1. The Morgan fingerprint density at radius 2 is 1.81 bits per heavy atom. The number of ether oxygens (including phenoxy) is 2. The molecule has 0 atom stereocenters. The summed E-state index contributed by atoms with van der Waals surface area (Å²) in [6, 6.07) is 20.0. The summed E-state index contributed by atoms with van der Waals surface area (Å²) in [5, 5.41) is 6.65. The molecule has 0 aliphatic carbocycles. The Morgan fingerprint density at radius 3 is 2.53 bits per heavy atom. The standard InChI is InChI=1S/C24H22ClN3O4/c1-16-4-3-5-18(12-16)15-32-20-9-6-17(7-10-20)14-26-28-24(30)23(29)27-21-13-19(25)8-11-22(21)31-2/h3-14H,15H2,1-2H3,(H,27,29)(H,28,30). The summed E-state index contributed by atoms with van der Waals surface area (Å²) in [6.45, 7) is 2.51. The first-order valence-corrected chi connectivity index (χ1v) is 10.1. The molecule has 0 fully saturated rings. The number of methoxy groups -OCH3 is 1. The van der Waals surface area contributed by atoms with Crippen LogP contribution in [0.3, 0.4) is 0 Å². The first-order valence-electron chi connectivity index (χ1n) is 9.71. The first kappa shape index (κ1) is 22.8. The van der Waals surface area contributed by atoms with Crippen LogP contribution in [-0.4, -0.2) is 25.1 Å². The van der Waals surface area contributed by atoms with Crippen molar-refractivity contribution in [2.75, 3.05) is 12.4 Å². The molecule has 0 radical (unpaired) electrons. The highest BCUT2D eigenvalue weighted by atomic mass is 35.5. The Morgan fingerprint density at radius 1 is 1.03 bits per heavy atom. The van der Waals surface area contributed by atoms with Gasteiger partial charge in [-0.25, -0.2) is 5.43 Å². The van der Waals surface area contributed by atoms with Crippen molar-refractivity contribution in [3.8, 4) is 11.5 Å². The average molecular weight is 452 g/mol. The quantitative estimate of drug-likeness (QED) is 0.318. The van der Waals surface area contributed by atoms with Crippen LogP contribution in [-0.2, 0) is 16.2 Å². The minimum absolute atomic E-state index is 0.283. The largest absolute Gasteiger partial charge is 0.495 e. The van der Waals surface area contributed by atoms with Crippen molar-refractivity contribution in [3.63, 3.8) is 0 Å². The van der Waals surface area contributed by atoms with E-state index in [2.05, 4.69) is 21.9 Å². The molecular formula is C24H22ClN3O4. The van der Waals surface area contributed by atoms with Crippen molar-refractivity contribution in [3.05, 3.63) is 88.4 Å². The Labute approximate surface area is 191 Å². The third-order valence-electron chi connectivity index (χ3n) is 4.36. The third kappa shape index (κ3) is 6.58. The van der Waals surface area contributed by atoms with E-state index in [1.807, 2.05) is 25.1 Å². The summed E-state index contributed by atoms with van der Waals surface area (Å²) >= 11 is 5.92. The van der Waals surface area contributed by atoms with Crippen molar-refractivity contribution in [2.45, 2.75) is 13.5 Å². The average Bonchev–Trinajstić information content (AvgIpc) is 2.78. The summed E-state index contributed by atoms with van der Waals surface area (Å²) in [5.74, 6) is -0.740. The minimum Gasteiger partial charge on any atom is -0.495 e. The van der Waals surface area contributed by atoms with Crippen LogP contribution in [0.2, 0.25) is 5.02 Å². The number of carbonyl (C=O) groups excluding carboxylic acids is 2. The predicted octanol–water partition coefficient (Wildman–Crippen LogP) is 4.32. The van der Waals surface area contributed by atoms with E-state index in [9.17, 15) is 9.59 Å². The fraction of sp³-hybridized carbons (Fsp3) is 0.125. The van der Waals surface area contributed by atoms with Crippen molar-refractivity contribution in [1.29, 1.82) is 0 Å². The molecular weight excluding hydrogens is 430 g/mol. The van der Waals surface area contributed by atoms with Gasteiger partial charge in [0, 0.05) is 5.02 Å². The summed E-state index contributed by atoms with van der Waals surface area (Å²) < 4.78 is 10.9. The molecule has 3 rings (SSSR count). The number of nitrogens with zero attached hydrogens (tertiary/aromatic N) is 1. The molecule has 3 aromatic rings. The first-order chi connectivity index (χ1) is 15.4. The van der Waals surface area contributed by atoms with Crippen LogP contribution in [0.15, 0.2) is 71.8 Å². The van der Waals surface area contributed by atoms with Gasteiger partial charge in [-0.3, -0.25) is 9.59 Å². The lowest BCUT2D eigenvalue weighted by Gasteiger charge is -2.09. The highest BCUT2D eigenvalue weighted by Crippen LogP contribution is 2.27. The van der Waals surface area contributed by atoms with E-state index in [0.717, 1.165) is 11.1 Å². The van der Waals surface area contributed by atoms with Gasteiger partial charge in [-0.15, -0.1) is 0 Å². The Bertz CT molecular complexity index is 1130. The number of carbonyl (C=O) groups is 2. The number of anilines is 1. The van der Waals surface area contributed by atoms with Crippen molar-refractivity contribution < 1.29 is 19.1 Å². The molecule has 0 heterocycles. The number of hydrazone groups is 1. The van der Waals surface area contributed by atoms with E-state index >= 15 is 0 Å². The number of hydrogen-bond donors (Lipinski definition) is 2. The highest BCUT2D eigenvalue weighted by Gasteiger charge is 2.15. The van der Waals surface area contributed by atoms with Gasteiger partial charge < -0.3 is 14.8 Å². The molecule has 0 saturated heterocycles. The second kappa shape index (κ2) is 11.0. The van der Waals surface area contributed by atoms with Crippen LogP contribution < -0.4 is 20.2 Å². The molecule has 0 aliphatic rings. The van der Waals surface area contributed by atoms with Gasteiger partial charge >= 0.3 is 11.8 Å². The summed E-state index contributed by atoms with van der Waals surface area (Å²) in [6.07, 6.45) is 1.43. The lowest BCUT2D eigenvalue weighted by Crippen LogP contribution is -2.32. The normalized spacial score (nSPS) is 10.6. The van der Waals surface area contributed by atoms with Gasteiger partial charge in [0.25, 0.3) is 0 Å². The molecule has 0 bridgehead atoms. The number of amides is 2. The lowest BCUT2D eigenvalue weighted by atomic mass is 10.1. The Kier molecular flexibility index (Phi) is 7.83. The number of nitrogens with one attached hydrogen (secondary N) is 2. The number of halogens is 1. The Balaban J connectivity index is 1.50. The van der Waals surface area contributed by atoms with Crippen molar-refractivity contribution in [1.82, 2.24) is 5.43 Å². The van der Waals surface area contributed by atoms with Gasteiger partial charge in [0.2, 0.25) is 0 Å². The lowest BCUT2D eigenvalue weighted by molar-refractivity contribution is -0.136. The van der Waals surface area contributed by atoms with Crippen LogP contribution in [0.5, 0.6) is 11.5 Å². The van der Waals surface area contributed by atoms with E-state index in [0.29, 0.717) is 23.1 Å². The maximum Gasteiger partial charge on any atom is 0.329 e. The predicted molar refractivity (Wildman–Crippen MR) is 124 cm³/mol. The van der Waals surface area contributed by atoms with Crippen LogP contribution >= 0.6 is 11.6 Å². The van der Waals surface area contributed by atoms with E-state index in [1.165, 1.54) is 25.0 Å². The fourth-order valence-electron chi connectivity index (χ4n) is 2.79. The summed E-state index contributed by atoms with van der Waals surface area (Å²) in [4.78, 5) is 24.1. The van der Waals surface area contributed by atoms with E-state index < -0.39 is 11.8 Å². The zero-order chi connectivity index (χ0) is 22.9. The topological polar surface area (TPSA) is 89.0 Å². The zero-order valence-electron chi connectivity index (χ0n) is 17.6. The minimum atomic E-state index is -0.929. The molecule has 0 saturated carbocycles. The maximum atomic E-state index is 12.1. The zero-order valence-corrected chi connectivity index (χ0v) is 18.3.